The molecule has 2 aromatic rings. The topological polar surface area (TPSA) is 23.6 Å². The minimum absolute atomic E-state index is 0.107. The van der Waals surface area contributed by atoms with Crippen LogP contribution in [0.1, 0.15) is 35.7 Å². The van der Waals surface area contributed by atoms with Crippen molar-refractivity contribution < 1.29 is 4.79 Å². The molecule has 0 saturated carbocycles. The summed E-state index contributed by atoms with van der Waals surface area (Å²) < 4.78 is 0. The van der Waals surface area contributed by atoms with Crippen molar-refractivity contribution in [3.8, 4) is 0 Å². The third kappa shape index (κ3) is 2.50. The Hall–Kier alpha value is -2.29. The van der Waals surface area contributed by atoms with E-state index in [1.165, 1.54) is 24.1 Å². The van der Waals surface area contributed by atoms with Gasteiger partial charge in [0.1, 0.15) is 0 Å². The van der Waals surface area contributed by atoms with Crippen LogP contribution in [-0.4, -0.2) is 25.0 Å². The molecule has 118 valence electrons. The molecule has 4 rings (SSSR count). The fourth-order valence-corrected chi connectivity index (χ4v) is 3.80. The van der Waals surface area contributed by atoms with Gasteiger partial charge in [0.2, 0.25) is 0 Å². The minimum atomic E-state index is 0.107. The largest absolute Gasteiger partial charge is 0.372 e. The molecule has 0 aliphatic carbocycles. The van der Waals surface area contributed by atoms with E-state index in [-0.39, 0.29) is 11.9 Å². The zero-order valence-electron chi connectivity index (χ0n) is 13.5. The second-order valence-corrected chi connectivity index (χ2v) is 6.60. The highest BCUT2D eigenvalue weighted by Gasteiger charge is 2.31. The number of para-hydroxylation sites is 1. The van der Waals surface area contributed by atoms with Crippen LogP contribution in [0.5, 0.6) is 0 Å². The number of anilines is 2. The van der Waals surface area contributed by atoms with Gasteiger partial charge in [-0.3, -0.25) is 4.79 Å². The Morgan fingerprint density at radius 2 is 1.70 bits per heavy atom. The van der Waals surface area contributed by atoms with E-state index in [2.05, 4.69) is 36.1 Å². The first kappa shape index (κ1) is 14.3. The van der Waals surface area contributed by atoms with Crippen LogP contribution < -0.4 is 9.80 Å². The molecule has 0 spiro atoms. The van der Waals surface area contributed by atoms with Crippen molar-refractivity contribution in [2.75, 3.05) is 22.9 Å². The molecule has 2 heterocycles. The molecule has 23 heavy (non-hydrogen) atoms. The molecule has 1 fully saturated rings. The van der Waals surface area contributed by atoms with Crippen LogP contribution in [0.25, 0.3) is 0 Å². The SMILES string of the molecule is CC1Cc2ccccc2N1C(=O)c1ccc(N2CCCC2)cc1. The average molecular weight is 306 g/mol. The maximum atomic E-state index is 13.0. The minimum Gasteiger partial charge on any atom is -0.372 e. The van der Waals surface area contributed by atoms with Crippen LogP contribution >= 0.6 is 0 Å². The Morgan fingerprint density at radius 1 is 1.00 bits per heavy atom. The molecular formula is C20H22N2O. The number of nitrogens with zero attached hydrogens (tertiary/aromatic N) is 2. The lowest BCUT2D eigenvalue weighted by Gasteiger charge is -2.23. The Labute approximate surface area is 137 Å². The predicted octanol–water partition coefficient (Wildman–Crippen LogP) is 3.88. The molecule has 0 N–H and O–H groups in total. The van der Waals surface area contributed by atoms with Gasteiger partial charge in [-0.15, -0.1) is 0 Å². The van der Waals surface area contributed by atoms with Gasteiger partial charge in [-0.25, -0.2) is 0 Å². The summed E-state index contributed by atoms with van der Waals surface area (Å²) in [5.41, 5.74) is 4.33. The summed E-state index contributed by atoms with van der Waals surface area (Å²) in [6.07, 6.45) is 3.47. The summed E-state index contributed by atoms with van der Waals surface area (Å²) in [7, 11) is 0. The molecule has 3 heteroatoms. The van der Waals surface area contributed by atoms with Crippen LogP contribution in [0.2, 0.25) is 0 Å². The van der Waals surface area contributed by atoms with Crippen molar-refractivity contribution in [3.63, 3.8) is 0 Å². The fourth-order valence-electron chi connectivity index (χ4n) is 3.80. The molecule has 1 amide bonds. The van der Waals surface area contributed by atoms with Crippen molar-refractivity contribution in [1.82, 2.24) is 0 Å². The lowest BCUT2D eigenvalue weighted by Crippen LogP contribution is -2.35. The number of carbonyl (C=O) groups is 1. The molecule has 0 aromatic heterocycles. The Bertz CT molecular complexity index is 717. The highest BCUT2D eigenvalue weighted by molar-refractivity contribution is 6.07. The Kier molecular flexibility index (Phi) is 3.56. The van der Waals surface area contributed by atoms with Gasteiger partial charge < -0.3 is 9.80 Å². The van der Waals surface area contributed by atoms with Crippen molar-refractivity contribution in [2.45, 2.75) is 32.2 Å². The Morgan fingerprint density at radius 3 is 2.43 bits per heavy atom. The molecule has 1 unspecified atom stereocenters. The highest BCUT2D eigenvalue weighted by atomic mass is 16.2. The first-order valence-corrected chi connectivity index (χ1v) is 8.50. The van der Waals surface area contributed by atoms with E-state index in [0.717, 1.165) is 30.8 Å². The van der Waals surface area contributed by atoms with E-state index >= 15 is 0 Å². The van der Waals surface area contributed by atoms with Gasteiger partial charge in [0.05, 0.1) is 0 Å². The first-order valence-electron chi connectivity index (χ1n) is 8.50. The van der Waals surface area contributed by atoms with E-state index in [0.29, 0.717) is 0 Å². The van der Waals surface area contributed by atoms with Gasteiger partial charge in [0, 0.05) is 36.1 Å². The standard InChI is InChI=1S/C20H22N2O/c1-15-14-17-6-2-3-7-19(17)22(15)20(23)16-8-10-18(11-9-16)21-12-4-5-13-21/h2-3,6-11,15H,4-5,12-14H2,1H3. The quantitative estimate of drug-likeness (QED) is 0.840. The summed E-state index contributed by atoms with van der Waals surface area (Å²) in [5.74, 6) is 0.107. The summed E-state index contributed by atoms with van der Waals surface area (Å²) in [4.78, 5) is 17.3. The number of fused-ring (bicyclic) bond motifs is 1. The fraction of sp³-hybridized carbons (Fsp3) is 0.350. The zero-order chi connectivity index (χ0) is 15.8. The summed E-state index contributed by atoms with van der Waals surface area (Å²) in [6.45, 7) is 4.38. The van der Waals surface area contributed by atoms with Crippen LogP contribution in [-0.2, 0) is 6.42 Å². The van der Waals surface area contributed by atoms with Crippen molar-refractivity contribution in [3.05, 3.63) is 59.7 Å². The molecular weight excluding hydrogens is 284 g/mol. The summed E-state index contributed by atoms with van der Waals surface area (Å²) >= 11 is 0. The summed E-state index contributed by atoms with van der Waals surface area (Å²) in [5, 5.41) is 0. The normalized spacial score (nSPS) is 20.0. The third-order valence-corrected chi connectivity index (χ3v) is 5.01. The smallest absolute Gasteiger partial charge is 0.258 e. The molecule has 1 saturated heterocycles. The van der Waals surface area contributed by atoms with Crippen molar-refractivity contribution in [1.29, 1.82) is 0 Å². The van der Waals surface area contributed by atoms with Crippen LogP contribution in [0.3, 0.4) is 0 Å². The van der Waals surface area contributed by atoms with Gasteiger partial charge in [0.25, 0.3) is 5.91 Å². The van der Waals surface area contributed by atoms with Gasteiger partial charge in [0.15, 0.2) is 0 Å². The van der Waals surface area contributed by atoms with Gasteiger partial charge in [-0.2, -0.15) is 0 Å². The second kappa shape index (κ2) is 5.73. The maximum absolute atomic E-state index is 13.0. The molecule has 0 bridgehead atoms. The van der Waals surface area contributed by atoms with Crippen LogP contribution in [0.4, 0.5) is 11.4 Å². The Balaban J connectivity index is 1.59. The zero-order valence-corrected chi connectivity index (χ0v) is 13.5. The van der Waals surface area contributed by atoms with Crippen molar-refractivity contribution in [2.24, 2.45) is 0 Å². The maximum Gasteiger partial charge on any atom is 0.258 e. The highest BCUT2D eigenvalue weighted by Crippen LogP contribution is 2.33. The van der Waals surface area contributed by atoms with E-state index in [1.807, 2.05) is 29.2 Å². The van der Waals surface area contributed by atoms with E-state index in [9.17, 15) is 4.79 Å². The summed E-state index contributed by atoms with van der Waals surface area (Å²) in [6, 6.07) is 16.6. The molecule has 3 nitrogen and oxygen atoms in total. The van der Waals surface area contributed by atoms with Crippen LogP contribution in [0.15, 0.2) is 48.5 Å². The number of benzene rings is 2. The molecule has 2 aliphatic rings. The molecule has 2 aromatic carbocycles. The number of hydrogen-bond donors (Lipinski definition) is 0. The molecule has 0 radical (unpaired) electrons. The number of hydrogen-bond acceptors (Lipinski definition) is 2. The average Bonchev–Trinajstić information content (AvgIpc) is 3.21. The van der Waals surface area contributed by atoms with E-state index < -0.39 is 0 Å². The molecule has 2 aliphatic heterocycles. The monoisotopic (exact) mass is 306 g/mol. The third-order valence-electron chi connectivity index (χ3n) is 5.01. The lowest BCUT2D eigenvalue weighted by atomic mass is 10.1. The second-order valence-electron chi connectivity index (χ2n) is 6.60. The number of carbonyl (C=O) groups excluding carboxylic acids is 1. The van der Waals surface area contributed by atoms with Gasteiger partial charge in [-0.1, -0.05) is 18.2 Å². The number of rotatable bonds is 2. The lowest BCUT2D eigenvalue weighted by molar-refractivity contribution is 0.0981. The number of amides is 1. The molecule has 1 atom stereocenters. The van der Waals surface area contributed by atoms with Crippen molar-refractivity contribution >= 4 is 17.3 Å². The predicted molar refractivity (Wildman–Crippen MR) is 94.3 cm³/mol. The van der Waals surface area contributed by atoms with Gasteiger partial charge in [-0.05, 0) is 62.1 Å². The van der Waals surface area contributed by atoms with Crippen LogP contribution in [0, 0.1) is 0 Å². The van der Waals surface area contributed by atoms with E-state index in [1.54, 1.807) is 0 Å². The van der Waals surface area contributed by atoms with Gasteiger partial charge >= 0.3 is 0 Å². The van der Waals surface area contributed by atoms with E-state index in [4.69, 9.17) is 0 Å². The first-order chi connectivity index (χ1) is 11.2.